The van der Waals surface area contributed by atoms with Crippen molar-refractivity contribution in [1.82, 2.24) is 0 Å². The molecule has 0 spiro atoms. The molecule has 0 radical (unpaired) electrons. The number of halogens is 2. The van der Waals surface area contributed by atoms with Gasteiger partial charge >= 0.3 is 0 Å². The molecule has 0 aliphatic rings. The van der Waals surface area contributed by atoms with Gasteiger partial charge in [-0.25, -0.2) is 0 Å². The van der Waals surface area contributed by atoms with E-state index in [1.54, 1.807) is 12.1 Å². The molecule has 0 atom stereocenters. The Kier molecular flexibility index (Phi) is 6.96. The standard InChI is InChI=1S/C15H14ClN3O3.ClH/c16-14-6-5-12(19(21)22)9-13(14)15(20)18-11-3-1-10(2-4-11)7-8-17;/h1-6,9H,7-8,17H2,(H,18,20);1H. The fourth-order valence-electron chi connectivity index (χ4n) is 1.92. The first-order chi connectivity index (χ1) is 10.5. The minimum absolute atomic E-state index is 0. The number of carbonyl (C=O) groups is 1. The molecule has 6 nitrogen and oxygen atoms in total. The minimum atomic E-state index is -0.575. The Balaban J connectivity index is 0.00000264. The molecule has 0 saturated carbocycles. The maximum absolute atomic E-state index is 12.2. The summed E-state index contributed by atoms with van der Waals surface area (Å²) >= 11 is 5.93. The number of amides is 1. The van der Waals surface area contributed by atoms with Crippen LogP contribution in [0.25, 0.3) is 0 Å². The third-order valence-electron chi connectivity index (χ3n) is 3.05. The summed E-state index contributed by atoms with van der Waals surface area (Å²) in [6, 6.07) is 10.9. The monoisotopic (exact) mass is 355 g/mol. The maximum Gasteiger partial charge on any atom is 0.270 e. The van der Waals surface area contributed by atoms with Crippen molar-refractivity contribution in [1.29, 1.82) is 0 Å². The third-order valence-corrected chi connectivity index (χ3v) is 3.38. The van der Waals surface area contributed by atoms with E-state index in [9.17, 15) is 14.9 Å². The van der Waals surface area contributed by atoms with Gasteiger partial charge in [-0.05, 0) is 36.7 Å². The highest BCUT2D eigenvalue weighted by atomic mass is 35.5. The second-order valence-corrected chi connectivity index (χ2v) is 5.02. The molecular formula is C15H15Cl2N3O3. The van der Waals surface area contributed by atoms with Gasteiger partial charge in [0.25, 0.3) is 11.6 Å². The topological polar surface area (TPSA) is 98.3 Å². The fourth-order valence-corrected chi connectivity index (χ4v) is 2.12. The van der Waals surface area contributed by atoms with Crippen LogP contribution in [0.5, 0.6) is 0 Å². The largest absolute Gasteiger partial charge is 0.330 e. The summed E-state index contributed by atoms with van der Waals surface area (Å²) in [5, 5.41) is 13.6. The molecule has 8 heteroatoms. The lowest BCUT2D eigenvalue weighted by atomic mass is 10.1. The van der Waals surface area contributed by atoms with Gasteiger partial charge < -0.3 is 11.1 Å². The van der Waals surface area contributed by atoms with Crippen molar-refractivity contribution in [2.45, 2.75) is 6.42 Å². The SMILES string of the molecule is Cl.NCCc1ccc(NC(=O)c2cc([N+](=O)[O-])ccc2Cl)cc1. The van der Waals surface area contributed by atoms with E-state index >= 15 is 0 Å². The summed E-state index contributed by atoms with van der Waals surface area (Å²) in [6.45, 7) is 0.551. The Morgan fingerprint density at radius 1 is 1.22 bits per heavy atom. The molecule has 3 N–H and O–H groups in total. The van der Waals surface area contributed by atoms with Gasteiger partial charge in [0.1, 0.15) is 0 Å². The molecule has 0 heterocycles. The van der Waals surface area contributed by atoms with Crippen LogP contribution in [0.3, 0.4) is 0 Å². The Morgan fingerprint density at radius 3 is 2.43 bits per heavy atom. The molecule has 23 heavy (non-hydrogen) atoms. The van der Waals surface area contributed by atoms with Gasteiger partial charge in [0, 0.05) is 17.8 Å². The molecule has 1 amide bonds. The number of nitrogens with two attached hydrogens (primary N) is 1. The fraction of sp³-hybridized carbons (Fsp3) is 0.133. The lowest BCUT2D eigenvalue weighted by Crippen LogP contribution is -2.13. The van der Waals surface area contributed by atoms with Crippen LogP contribution in [0.1, 0.15) is 15.9 Å². The number of rotatable bonds is 5. The molecule has 0 saturated heterocycles. The van der Waals surface area contributed by atoms with E-state index in [0.717, 1.165) is 18.1 Å². The van der Waals surface area contributed by atoms with Crippen LogP contribution in [0.15, 0.2) is 42.5 Å². The van der Waals surface area contributed by atoms with E-state index < -0.39 is 10.8 Å². The molecule has 2 aromatic carbocycles. The molecular weight excluding hydrogens is 341 g/mol. The zero-order valence-corrected chi connectivity index (χ0v) is 13.6. The Morgan fingerprint density at radius 2 is 1.87 bits per heavy atom. The first-order valence-electron chi connectivity index (χ1n) is 6.55. The lowest BCUT2D eigenvalue weighted by Gasteiger charge is -2.07. The number of carbonyl (C=O) groups excluding carboxylic acids is 1. The average molecular weight is 356 g/mol. The molecule has 0 aliphatic carbocycles. The highest BCUT2D eigenvalue weighted by molar-refractivity contribution is 6.34. The molecule has 2 rings (SSSR count). The highest BCUT2D eigenvalue weighted by Crippen LogP contribution is 2.23. The molecule has 2 aromatic rings. The van der Waals surface area contributed by atoms with Gasteiger partial charge in [0.05, 0.1) is 15.5 Å². The van der Waals surface area contributed by atoms with Gasteiger partial charge in [-0.1, -0.05) is 23.7 Å². The minimum Gasteiger partial charge on any atom is -0.330 e. The van der Waals surface area contributed by atoms with Crippen molar-refractivity contribution in [3.05, 3.63) is 68.7 Å². The van der Waals surface area contributed by atoms with Crippen molar-refractivity contribution in [2.75, 3.05) is 11.9 Å². The van der Waals surface area contributed by atoms with Gasteiger partial charge in [0.15, 0.2) is 0 Å². The number of hydrogen-bond donors (Lipinski definition) is 2. The average Bonchev–Trinajstić information content (AvgIpc) is 2.49. The number of anilines is 1. The summed E-state index contributed by atoms with van der Waals surface area (Å²) in [4.78, 5) is 22.4. The molecule has 122 valence electrons. The van der Waals surface area contributed by atoms with Crippen LogP contribution >= 0.6 is 24.0 Å². The van der Waals surface area contributed by atoms with Crippen molar-refractivity contribution in [3.63, 3.8) is 0 Å². The summed E-state index contributed by atoms with van der Waals surface area (Å²) in [5.41, 5.74) is 6.98. The van der Waals surface area contributed by atoms with Crippen molar-refractivity contribution in [3.8, 4) is 0 Å². The summed E-state index contributed by atoms with van der Waals surface area (Å²) in [7, 11) is 0. The van der Waals surface area contributed by atoms with Gasteiger partial charge in [-0.15, -0.1) is 12.4 Å². The van der Waals surface area contributed by atoms with E-state index in [0.29, 0.717) is 12.2 Å². The van der Waals surface area contributed by atoms with Crippen LogP contribution in [-0.2, 0) is 6.42 Å². The molecule has 0 fully saturated rings. The van der Waals surface area contributed by atoms with Gasteiger partial charge in [0.2, 0.25) is 0 Å². The summed E-state index contributed by atoms with van der Waals surface area (Å²) in [5.74, 6) is -0.500. The second kappa shape index (κ2) is 8.47. The number of nitro benzene ring substituents is 1. The van der Waals surface area contributed by atoms with Gasteiger partial charge in [-0.2, -0.15) is 0 Å². The predicted molar refractivity (Wildman–Crippen MR) is 92.5 cm³/mol. The van der Waals surface area contributed by atoms with Crippen molar-refractivity contribution >= 4 is 41.3 Å². The molecule has 0 aromatic heterocycles. The normalized spacial score (nSPS) is 9.83. The Bertz CT molecular complexity index is 706. The first kappa shape index (κ1) is 18.9. The van der Waals surface area contributed by atoms with Crippen molar-refractivity contribution < 1.29 is 9.72 Å². The smallest absolute Gasteiger partial charge is 0.270 e. The highest BCUT2D eigenvalue weighted by Gasteiger charge is 2.16. The zero-order valence-electron chi connectivity index (χ0n) is 12.0. The van der Waals surface area contributed by atoms with E-state index in [2.05, 4.69) is 5.32 Å². The lowest BCUT2D eigenvalue weighted by molar-refractivity contribution is -0.384. The summed E-state index contributed by atoms with van der Waals surface area (Å²) in [6.07, 6.45) is 0.755. The number of nitrogens with one attached hydrogen (secondary N) is 1. The Labute approximate surface area is 144 Å². The number of non-ortho nitro benzene ring substituents is 1. The van der Waals surface area contributed by atoms with Gasteiger partial charge in [-0.3, -0.25) is 14.9 Å². The first-order valence-corrected chi connectivity index (χ1v) is 6.93. The van der Waals surface area contributed by atoms with Crippen LogP contribution in [0.4, 0.5) is 11.4 Å². The molecule has 0 aliphatic heterocycles. The second-order valence-electron chi connectivity index (χ2n) is 4.61. The number of nitrogens with zero attached hydrogens (tertiary/aromatic N) is 1. The Hall–Kier alpha value is -2.15. The third kappa shape index (κ3) is 4.92. The van der Waals surface area contributed by atoms with E-state index in [4.69, 9.17) is 17.3 Å². The predicted octanol–water partition coefficient (Wildman–Crippen LogP) is 3.42. The molecule has 0 unspecified atom stereocenters. The van der Waals surface area contributed by atoms with E-state index in [-0.39, 0.29) is 28.7 Å². The zero-order chi connectivity index (χ0) is 16.1. The molecule has 0 bridgehead atoms. The van der Waals surface area contributed by atoms with E-state index in [1.165, 1.54) is 12.1 Å². The van der Waals surface area contributed by atoms with Crippen molar-refractivity contribution in [2.24, 2.45) is 5.73 Å². The number of nitro groups is 1. The van der Waals surface area contributed by atoms with Crippen LogP contribution in [0.2, 0.25) is 5.02 Å². The number of benzene rings is 2. The maximum atomic E-state index is 12.2. The van der Waals surface area contributed by atoms with Crippen LogP contribution in [0, 0.1) is 10.1 Å². The van der Waals surface area contributed by atoms with E-state index in [1.807, 2.05) is 12.1 Å². The number of hydrogen-bond acceptors (Lipinski definition) is 4. The van der Waals surface area contributed by atoms with Crippen LogP contribution in [-0.4, -0.2) is 17.4 Å². The summed E-state index contributed by atoms with van der Waals surface area (Å²) < 4.78 is 0. The quantitative estimate of drug-likeness (QED) is 0.633. The van der Waals surface area contributed by atoms with Crippen LogP contribution < -0.4 is 11.1 Å².